The largest absolute Gasteiger partial charge is 0.368 e. The second-order valence-electron chi connectivity index (χ2n) is 7.21. The summed E-state index contributed by atoms with van der Waals surface area (Å²) in [5.41, 5.74) is 9.62. The second kappa shape index (κ2) is 7.83. The number of aryl methyl sites for hydroxylation is 2. The Balaban J connectivity index is 1.70. The smallest absolute Gasteiger partial charge is 0.239 e. The number of likely N-dealkylation sites (tertiary alicyclic amines) is 1. The molecule has 1 atom stereocenters. The number of nitrogens with two attached hydrogens (primary N) is 1. The fourth-order valence-corrected chi connectivity index (χ4v) is 3.92. The van der Waals surface area contributed by atoms with E-state index in [0.717, 1.165) is 29.5 Å². The van der Waals surface area contributed by atoms with E-state index in [1.54, 1.807) is 0 Å². The maximum Gasteiger partial charge on any atom is 0.239 e. The number of hydrogen-bond acceptors (Lipinski definition) is 3. The standard InChI is InChI=1S/C22H26N2O2/c1-15-8-9-19(16(2)14-15)21(25)18-10-12-24(13-11-18)20(22(23)26)17-6-4-3-5-7-17/h3-9,14,18,20H,10-13H2,1-2H3,(H2,23,26)/t20-/m0/s1. The Morgan fingerprint density at radius 3 is 2.27 bits per heavy atom. The first-order valence-corrected chi connectivity index (χ1v) is 9.17. The van der Waals surface area contributed by atoms with Gasteiger partial charge in [-0.25, -0.2) is 0 Å². The van der Waals surface area contributed by atoms with E-state index in [0.29, 0.717) is 13.1 Å². The Hall–Kier alpha value is -2.46. The molecule has 4 heteroatoms. The summed E-state index contributed by atoms with van der Waals surface area (Å²) >= 11 is 0. The summed E-state index contributed by atoms with van der Waals surface area (Å²) in [7, 11) is 0. The molecule has 1 heterocycles. The second-order valence-corrected chi connectivity index (χ2v) is 7.21. The van der Waals surface area contributed by atoms with Gasteiger partial charge in [-0.2, -0.15) is 0 Å². The predicted molar refractivity (Wildman–Crippen MR) is 103 cm³/mol. The van der Waals surface area contributed by atoms with E-state index < -0.39 is 6.04 Å². The number of rotatable bonds is 5. The van der Waals surface area contributed by atoms with Crippen LogP contribution in [0.15, 0.2) is 48.5 Å². The molecule has 2 N–H and O–H groups in total. The molecule has 0 bridgehead atoms. The summed E-state index contributed by atoms with van der Waals surface area (Å²) in [6.45, 7) is 5.43. The van der Waals surface area contributed by atoms with Crippen LogP contribution in [0.5, 0.6) is 0 Å². The Morgan fingerprint density at radius 1 is 1.04 bits per heavy atom. The van der Waals surface area contributed by atoms with Gasteiger partial charge in [-0.3, -0.25) is 14.5 Å². The van der Waals surface area contributed by atoms with Crippen LogP contribution in [0.25, 0.3) is 0 Å². The number of amides is 1. The van der Waals surface area contributed by atoms with E-state index in [2.05, 4.69) is 11.0 Å². The van der Waals surface area contributed by atoms with Crippen molar-refractivity contribution in [2.75, 3.05) is 13.1 Å². The molecule has 1 amide bonds. The van der Waals surface area contributed by atoms with Crippen molar-refractivity contribution in [2.24, 2.45) is 11.7 Å². The molecule has 1 saturated heterocycles. The van der Waals surface area contributed by atoms with Crippen LogP contribution in [0.2, 0.25) is 0 Å². The van der Waals surface area contributed by atoms with Gasteiger partial charge < -0.3 is 5.73 Å². The van der Waals surface area contributed by atoms with E-state index in [-0.39, 0.29) is 17.6 Å². The minimum Gasteiger partial charge on any atom is -0.368 e. The highest BCUT2D eigenvalue weighted by molar-refractivity contribution is 5.99. The topological polar surface area (TPSA) is 63.4 Å². The summed E-state index contributed by atoms with van der Waals surface area (Å²) < 4.78 is 0. The van der Waals surface area contributed by atoms with Gasteiger partial charge in [-0.1, -0.05) is 54.1 Å². The highest BCUT2D eigenvalue weighted by Crippen LogP contribution is 2.29. The Morgan fingerprint density at radius 2 is 1.69 bits per heavy atom. The average Bonchev–Trinajstić information content (AvgIpc) is 2.62. The third-order valence-electron chi connectivity index (χ3n) is 5.30. The summed E-state index contributed by atoms with van der Waals surface area (Å²) in [6, 6.07) is 15.2. The minimum absolute atomic E-state index is 0.0111. The Labute approximate surface area is 155 Å². The Bertz CT molecular complexity index is 793. The molecule has 1 aliphatic heterocycles. The molecule has 0 unspecified atom stereocenters. The maximum absolute atomic E-state index is 12.9. The first-order chi connectivity index (χ1) is 12.5. The molecule has 0 aliphatic carbocycles. The van der Waals surface area contributed by atoms with Gasteiger partial charge >= 0.3 is 0 Å². The van der Waals surface area contributed by atoms with Crippen LogP contribution in [0.1, 0.15) is 45.9 Å². The van der Waals surface area contributed by atoms with Crippen LogP contribution in [0.4, 0.5) is 0 Å². The third-order valence-corrected chi connectivity index (χ3v) is 5.30. The fraction of sp³-hybridized carbons (Fsp3) is 0.364. The van der Waals surface area contributed by atoms with Gasteiger partial charge in [0.1, 0.15) is 6.04 Å². The number of ketones is 1. The molecular weight excluding hydrogens is 324 g/mol. The van der Waals surface area contributed by atoms with Crippen LogP contribution >= 0.6 is 0 Å². The van der Waals surface area contributed by atoms with Gasteiger partial charge in [0.15, 0.2) is 5.78 Å². The van der Waals surface area contributed by atoms with Crippen molar-refractivity contribution >= 4 is 11.7 Å². The predicted octanol–water partition coefficient (Wildman–Crippen LogP) is 3.42. The molecule has 1 aliphatic rings. The van der Waals surface area contributed by atoms with E-state index in [1.807, 2.05) is 56.3 Å². The van der Waals surface area contributed by atoms with Crippen molar-refractivity contribution in [3.63, 3.8) is 0 Å². The number of carbonyl (C=O) groups is 2. The Kier molecular flexibility index (Phi) is 5.52. The first kappa shape index (κ1) is 18.3. The molecule has 2 aromatic carbocycles. The summed E-state index contributed by atoms with van der Waals surface area (Å²) in [6.07, 6.45) is 1.51. The van der Waals surface area contributed by atoms with Crippen LogP contribution < -0.4 is 5.73 Å². The molecule has 3 rings (SSSR count). The van der Waals surface area contributed by atoms with Crippen LogP contribution in [-0.2, 0) is 4.79 Å². The quantitative estimate of drug-likeness (QED) is 0.841. The summed E-state index contributed by atoms with van der Waals surface area (Å²) in [5.74, 6) is -0.107. The average molecular weight is 350 g/mol. The van der Waals surface area contributed by atoms with E-state index in [1.165, 1.54) is 5.56 Å². The lowest BCUT2D eigenvalue weighted by Crippen LogP contribution is -2.43. The van der Waals surface area contributed by atoms with Gasteiger partial charge in [0.05, 0.1) is 0 Å². The summed E-state index contributed by atoms with van der Waals surface area (Å²) in [5, 5.41) is 0. The molecule has 4 nitrogen and oxygen atoms in total. The zero-order valence-electron chi connectivity index (χ0n) is 15.4. The SMILES string of the molecule is Cc1ccc(C(=O)C2CCN([C@H](C(N)=O)c3ccccc3)CC2)c(C)c1. The number of carbonyl (C=O) groups excluding carboxylic acids is 2. The zero-order chi connectivity index (χ0) is 18.7. The fourth-order valence-electron chi connectivity index (χ4n) is 3.92. The molecule has 26 heavy (non-hydrogen) atoms. The molecule has 136 valence electrons. The van der Waals surface area contributed by atoms with Crippen LogP contribution in [-0.4, -0.2) is 29.7 Å². The van der Waals surface area contributed by atoms with Crippen molar-refractivity contribution < 1.29 is 9.59 Å². The van der Waals surface area contributed by atoms with Crippen molar-refractivity contribution in [3.8, 4) is 0 Å². The van der Waals surface area contributed by atoms with Crippen molar-refractivity contribution in [1.82, 2.24) is 4.90 Å². The monoisotopic (exact) mass is 350 g/mol. The summed E-state index contributed by atoms with van der Waals surface area (Å²) in [4.78, 5) is 27.0. The van der Waals surface area contributed by atoms with Crippen molar-refractivity contribution in [3.05, 3.63) is 70.8 Å². The zero-order valence-corrected chi connectivity index (χ0v) is 15.4. The van der Waals surface area contributed by atoms with E-state index in [9.17, 15) is 9.59 Å². The lowest BCUT2D eigenvalue weighted by molar-refractivity contribution is -0.124. The number of hydrogen-bond donors (Lipinski definition) is 1. The lowest BCUT2D eigenvalue weighted by Gasteiger charge is -2.36. The number of benzene rings is 2. The molecule has 0 spiro atoms. The number of Topliss-reactive ketones (excluding diaryl/α,β-unsaturated/α-hetero) is 1. The van der Waals surface area contributed by atoms with Gasteiger partial charge in [0.25, 0.3) is 0 Å². The van der Waals surface area contributed by atoms with Crippen LogP contribution in [0, 0.1) is 19.8 Å². The number of primary amides is 1. The molecule has 0 aromatic heterocycles. The van der Waals surface area contributed by atoms with Crippen molar-refractivity contribution in [1.29, 1.82) is 0 Å². The van der Waals surface area contributed by atoms with Gasteiger partial charge in [0, 0.05) is 11.5 Å². The number of nitrogens with zero attached hydrogens (tertiary/aromatic N) is 1. The molecular formula is C22H26N2O2. The molecule has 0 saturated carbocycles. The first-order valence-electron chi connectivity index (χ1n) is 9.17. The van der Waals surface area contributed by atoms with Crippen LogP contribution in [0.3, 0.4) is 0 Å². The van der Waals surface area contributed by atoms with E-state index in [4.69, 9.17) is 5.73 Å². The third kappa shape index (κ3) is 3.86. The molecule has 2 aromatic rings. The van der Waals surface area contributed by atoms with Crippen molar-refractivity contribution in [2.45, 2.75) is 32.7 Å². The van der Waals surface area contributed by atoms with Gasteiger partial charge in [-0.05, 0) is 50.9 Å². The van der Waals surface area contributed by atoms with Gasteiger partial charge in [0.2, 0.25) is 5.91 Å². The molecule has 1 fully saturated rings. The highest BCUT2D eigenvalue weighted by atomic mass is 16.1. The van der Waals surface area contributed by atoms with Gasteiger partial charge in [-0.15, -0.1) is 0 Å². The lowest BCUT2D eigenvalue weighted by atomic mass is 9.86. The minimum atomic E-state index is -0.423. The van der Waals surface area contributed by atoms with E-state index >= 15 is 0 Å². The number of piperidine rings is 1. The highest BCUT2D eigenvalue weighted by Gasteiger charge is 2.32. The normalized spacial score (nSPS) is 17.0. The maximum atomic E-state index is 12.9. The molecule has 0 radical (unpaired) electrons.